The molecule has 3 rings (SSSR count). The van der Waals surface area contributed by atoms with Crippen LogP contribution in [0.2, 0.25) is 0 Å². The van der Waals surface area contributed by atoms with Crippen molar-refractivity contribution in [2.45, 2.75) is 25.9 Å². The van der Waals surface area contributed by atoms with Gasteiger partial charge in [0.05, 0.1) is 30.0 Å². The molecule has 0 saturated heterocycles. The van der Waals surface area contributed by atoms with E-state index in [1.54, 1.807) is 6.92 Å². The van der Waals surface area contributed by atoms with E-state index in [9.17, 15) is 14.7 Å². The van der Waals surface area contributed by atoms with Crippen LogP contribution >= 0.6 is 0 Å². The number of carboxylic acid groups (broad SMARTS) is 1. The van der Waals surface area contributed by atoms with Crippen LogP contribution in [-0.4, -0.2) is 42.9 Å². The van der Waals surface area contributed by atoms with Gasteiger partial charge in [-0.2, -0.15) is 0 Å². The first-order valence-corrected chi connectivity index (χ1v) is 6.03. The number of hydrogen-bond donors (Lipinski definition) is 2. The third-order valence-electron chi connectivity index (χ3n) is 3.38. The van der Waals surface area contributed by atoms with Crippen molar-refractivity contribution < 1.29 is 19.1 Å². The van der Waals surface area contributed by atoms with Crippen molar-refractivity contribution in [3.05, 3.63) is 35.6 Å². The topological polar surface area (TPSA) is 112 Å². The maximum Gasteiger partial charge on any atom is 0.326 e. The predicted octanol–water partition coefficient (Wildman–Crippen LogP) is 0.358. The van der Waals surface area contributed by atoms with E-state index in [1.165, 1.54) is 17.6 Å². The van der Waals surface area contributed by atoms with Crippen LogP contribution in [-0.2, 0) is 17.8 Å². The molecule has 0 radical (unpaired) electrons. The molecule has 1 amide bonds. The van der Waals surface area contributed by atoms with Gasteiger partial charge >= 0.3 is 5.97 Å². The van der Waals surface area contributed by atoms with Crippen molar-refractivity contribution in [1.82, 2.24) is 19.9 Å². The third kappa shape index (κ3) is 1.85. The maximum atomic E-state index is 12.4. The zero-order valence-corrected chi connectivity index (χ0v) is 10.7. The summed E-state index contributed by atoms with van der Waals surface area (Å²) < 4.78 is 5.06. The Balaban J connectivity index is 1.96. The Morgan fingerprint density at radius 3 is 2.95 bits per heavy atom. The van der Waals surface area contributed by atoms with Crippen LogP contribution in [0.3, 0.4) is 0 Å². The number of hydrogen-bond acceptors (Lipinski definition) is 5. The van der Waals surface area contributed by atoms with E-state index in [2.05, 4.69) is 15.0 Å². The van der Waals surface area contributed by atoms with Gasteiger partial charge in [-0.25, -0.2) is 14.8 Å². The molecule has 20 heavy (non-hydrogen) atoms. The van der Waals surface area contributed by atoms with Crippen LogP contribution in [0.1, 0.15) is 27.6 Å². The fourth-order valence-electron chi connectivity index (χ4n) is 2.31. The summed E-state index contributed by atoms with van der Waals surface area (Å²) in [5.74, 6) is -1.48. The molecular formula is C12H12N4O4. The van der Waals surface area contributed by atoms with Crippen LogP contribution < -0.4 is 0 Å². The molecule has 0 bridgehead atoms. The summed E-state index contributed by atoms with van der Waals surface area (Å²) in [6.45, 7) is 1.79. The molecule has 8 heteroatoms. The third-order valence-corrected chi connectivity index (χ3v) is 3.38. The number of aliphatic carboxylic acids is 1. The van der Waals surface area contributed by atoms with Gasteiger partial charge in [-0.1, -0.05) is 0 Å². The van der Waals surface area contributed by atoms with E-state index in [1.807, 2.05) is 0 Å². The average molecular weight is 276 g/mol. The van der Waals surface area contributed by atoms with Crippen molar-refractivity contribution in [2.24, 2.45) is 0 Å². The van der Waals surface area contributed by atoms with E-state index < -0.39 is 17.9 Å². The number of H-pyrrole nitrogens is 1. The molecule has 0 spiro atoms. The second-order valence-electron chi connectivity index (χ2n) is 4.59. The first kappa shape index (κ1) is 12.4. The number of aryl methyl sites for hydroxylation is 1. The molecule has 0 aliphatic carbocycles. The number of nitrogens with one attached hydrogen (secondary N) is 1. The summed E-state index contributed by atoms with van der Waals surface area (Å²) >= 11 is 0. The number of aromatic nitrogens is 3. The van der Waals surface area contributed by atoms with E-state index in [-0.39, 0.29) is 18.7 Å². The Morgan fingerprint density at radius 1 is 1.50 bits per heavy atom. The fourth-order valence-corrected chi connectivity index (χ4v) is 2.31. The molecule has 1 atom stereocenters. The average Bonchev–Trinajstić information content (AvgIpc) is 3.04. The number of rotatable bonds is 2. The van der Waals surface area contributed by atoms with Crippen molar-refractivity contribution in [1.29, 1.82) is 0 Å². The molecule has 0 saturated carbocycles. The number of carboxylic acids is 1. The van der Waals surface area contributed by atoms with Gasteiger partial charge in [0.25, 0.3) is 5.91 Å². The van der Waals surface area contributed by atoms with Crippen molar-refractivity contribution >= 4 is 11.9 Å². The molecule has 1 unspecified atom stereocenters. The quantitative estimate of drug-likeness (QED) is 0.818. The summed E-state index contributed by atoms with van der Waals surface area (Å²) in [5, 5.41) is 9.31. The monoisotopic (exact) mass is 276 g/mol. The molecule has 1 aliphatic rings. The minimum absolute atomic E-state index is 0.0687. The van der Waals surface area contributed by atoms with Crippen LogP contribution in [0.15, 0.2) is 17.1 Å². The highest BCUT2D eigenvalue weighted by molar-refractivity contribution is 5.95. The molecule has 3 heterocycles. The largest absolute Gasteiger partial charge is 0.480 e. The summed E-state index contributed by atoms with van der Waals surface area (Å²) in [7, 11) is 0. The van der Waals surface area contributed by atoms with Gasteiger partial charge in [0.1, 0.15) is 6.04 Å². The van der Waals surface area contributed by atoms with E-state index in [4.69, 9.17) is 4.42 Å². The Kier molecular flexibility index (Phi) is 2.78. The summed E-state index contributed by atoms with van der Waals surface area (Å²) in [4.78, 5) is 35.9. The zero-order valence-electron chi connectivity index (χ0n) is 10.7. The lowest BCUT2D eigenvalue weighted by Gasteiger charge is -2.31. The van der Waals surface area contributed by atoms with Crippen LogP contribution in [0.5, 0.6) is 0 Å². The lowest BCUT2D eigenvalue weighted by atomic mass is 10.0. The molecular weight excluding hydrogens is 264 g/mol. The first-order valence-electron chi connectivity index (χ1n) is 6.03. The van der Waals surface area contributed by atoms with Crippen molar-refractivity contribution in [2.75, 3.05) is 0 Å². The van der Waals surface area contributed by atoms with Gasteiger partial charge in [0, 0.05) is 6.42 Å². The first-order chi connectivity index (χ1) is 9.58. The summed E-state index contributed by atoms with van der Waals surface area (Å²) in [5.41, 5.74) is 1.86. The highest BCUT2D eigenvalue weighted by Crippen LogP contribution is 2.23. The molecule has 2 aromatic heterocycles. The Bertz CT molecular complexity index is 675. The Morgan fingerprint density at radius 2 is 2.30 bits per heavy atom. The lowest BCUT2D eigenvalue weighted by Crippen LogP contribution is -2.48. The van der Waals surface area contributed by atoms with E-state index >= 15 is 0 Å². The smallest absolute Gasteiger partial charge is 0.326 e. The Labute approximate surface area is 113 Å². The van der Waals surface area contributed by atoms with Gasteiger partial charge in [0.15, 0.2) is 6.39 Å². The number of oxazole rings is 1. The standard InChI is InChI=1S/C12H12N4O4/c1-6-10(20-5-15-6)11(17)16-3-8-7(13-4-14-8)2-9(16)12(18)19/h4-5,9H,2-3H2,1H3,(H,13,14)(H,18,19). The second-order valence-corrected chi connectivity index (χ2v) is 4.59. The molecule has 1 aliphatic heterocycles. The van der Waals surface area contributed by atoms with Gasteiger partial charge < -0.3 is 19.4 Å². The van der Waals surface area contributed by atoms with Crippen molar-refractivity contribution in [3.8, 4) is 0 Å². The molecule has 104 valence electrons. The second kappa shape index (κ2) is 4.48. The number of amides is 1. The van der Waals surface area contributed by atoms with Gasteiger partial charge in [-0.05, 0) is 6.92 Å². The van der Waals surface area contributed by atoms with Gasteiger partial charge in [-0.3, -0.25) is 4.79 Å². The van der Waals surface area contributed by atoms with Crippen LogP contribution in [0, 0.1) is 6.92 Å². The molecule has 2 N–H and O–H groups in total. The zero-order chi connectivity index (χ0) is 14.3. The Hall–Kier alpha value is -2.64. The summed E-state index contributed by atoms with van der Waals surface area (Å²) in [6, 6.07) is -0.956. The van der Waals surface area contributed by atoms with E-state index in [0.717, 1.165) is 5.69 Å². The van der Waals surface area contributed by atoms with Gasteiger partial charge in [-0.15, -0.1) is 0 Å². The molecule has 2 aromatic rings. The molecule has 0 fully saturated rings. The minimum Gasteiger partial charge on any atom is -0.480 e. The fraction of sp³-hybridized carbons (Fsp3) is 0.333. The lowest BCUT2D eigenvalue weighted by molar-refractivity contribution is -0.142. The molecule has 8 nitrogen and oxygen atoms in total. The number of imidazole rings is 1. The van der Waals surface area contributed by atoms with Gasteiger partial charge in [0.2, 0.25) is 5.76 Å². The highest BCUT2D eigenvalue weighted by atomic mass is 16.4. The molecule has 0 aromatic carbocycles. The van der Waals surface area contributed by atoms with Crippen LogP contribution in [0.4, 0.5) is 0 Å². The SMILES string of the molecule is Cc1ncoc1C(=O)N1Cc2[nH]cnc2CC1C(=O)O. The van der Waals surface area contributed by atoms with E-state index in [0.29, 0.717) is 11.4 Å². The highest BCUT2D eigenvalue weighted by Gasteiger charge is 2.37. The number of aromatic amines is 1. The maximum absolute atomic E-state index is 12.4. The number of carbonyl (C=O) groups is 2. The number of fused-ring (bicyclic) bond motifs is 1. The number of nitrogens with zero attached hydrogens (tertiary/aromatic N) is 3. The van der Waals surface area contributed by atoms with Crippen molar-refractivity contribution in [3.63, 3.8) is 0 Å². The normalized spacial score (nSPS) is 17.9. The predicted molar refractivity (Wildman–Crippen MR) is 64.8 cm³/mol. The number of carbonyl (C=O) groups excluding carboxylic acids is 1. The summed E-state index contributed by atoms with van der Waals surface area (Å²) in [6.07, 6.45) is 2.84. The minimum atomic E-state index is -1.07. The van der Waals surface area contributed by atoms with Crippen LogP contribution in [0.25, 0.3) is 0 Å².